The normalized spacial score (nSPS) is 12.3. The average molecular weight is 244 g/mol. The summed E-state index contributed by atoms with van der Waals surface area (Å²) < 4.78 is 0. The van der Waals surface area contributed by atoms with Gasteiger partial charge in [0.05, 0.1) is 6.10 Å². The number of aromatic hydroxyl groups is 1. The number of hydrogen-bond acceptors (Lipinski definition) is 4. The molecule has 18 heavy (non-hydrogen) atoms. The third kappa shape index (κ3) is 3.55. The van der Waals surface area contributed by atoms with E-state index in [-0.39, 0.29) is 5.75 Å². The van der Waals surface area contributed by atoms with Crippen LogP contribution >= 0.6 is 0 Å². The summed E-state index contributed by atoms with van der Waals surface area (Å²) in [4.78, 5) is 3.94. The number of phenolic OH excluding ortho intramolecular Hbond substituents is 1. The molecular weight excluding hydrogens is 228 g/mol. The van der Waals surface area contributed by atoms with Crippen LogP contribution in [0.25, 0.3) is 0 Å². The van der Waals surface area contributed by atoms with Crippen LogP contribution in [-0.4, -0.2) is 21.7 Å². The van der Waals surface area contributed by atoms with Gasteiger partial charge in [0.25, 0.3) is 0 Å². The van der Waals surface area contributed by atoms with Gasteiger partial charge in [0.2, 0.25) is 0 Å². The van der Waals surface area contributed by atoms with Crippen molar-refractivity contribution in [2.24, 2.45) is 0 Å². The van der Waals surface area contributed by atoms with Crippen molar-refractivity contribution in [3.05, 3.63) is 59.9 Å². The summed E-state index contributed by atoms with van der Waals surface area (Å²) in [6.45, 7) is 1.12. The van der Waals surface area contributed by atoms with Gasteiger partial charge in [-0.25, -0.2) is 0 Å². The predicted octanol–water partition coefficient (Wildman–Crippen LogP) is 1.61. The molecule has 1 atom stereocenters. The summed E-state index contributed by atoms with van der Waals surface area (Å²) in [5.41, 5.74) is 1.82. The van der Waals surface area contributed by atoms with E-state index in [0.29, 0.717) is 18.7 Å². The van der Waals surface area contributed by atoms with Crippen molar-refractivity contribution in [3.63, 3.8) is 0 Å². The molecule has 2 rings (SSSR count). The lowest BCUT2D eigenvalue weighted by atomic mass is 10.1. The maximum atomic E-state index is 9.94. The molecule has 0 aliphatic heterocycles. The Morgan fingerprint density at radius 3 is 2.67 bits per heavy atom. The molecule has 1 aromatic carbocycles. The zero-order chi connectivity index (χ0) is 12.8. The number of benzene rings is 1. The van der Waals surface area contributed by atoms with Gasteiger partial charge < -0.3 is 15.5 Å². The summed E-state index contributed by atoms with van der Waals surface area (Å²) in [6.07, 6.45) is 2.85. The summed E-state index contributed by atoms with van der Waals surface area (Å²) in [6, 6.07) is 10.5. The Balaban J connectivity index is 1.83. The number of hydrogen-bond donors (Lipinski definition) is 3. The molecule has 0 radical (unpaired) electrons. The molecule has 0 bridgehead atoms. The first-order valence-corrected chi connectivity index (χ1v) is 5.82. The molecule has 4 nitrogen and oxygen atoms in total. The maximum absolute atomic E-state index is 9.94. The first-order valence-electron chi connectivity index (χ1n) is 5.82. The molecule has 0 fully saturated rings. The van der Waals surface area contributed by atoms with Crippen LogP contribution in [0.5, 0.6) is 5.75 Å². The van der Waals surface area contributed by atoms with Crippen molar-refractivity contribution in [3.8, 4) is 5.75 Å². The molecule has 3 N–H and O–H groups in total. The molecular formula is C14H16N2O2. The Morgan fingerprint density at radius 1 is 1.17 bits per heavy atom. The Kier molecular flexibility index (Phi) is 4.28. The van der Waals surface area contributed by atoms with E-state index in [9.17, 15) is 10.2 Å². The van der Waals surface area contributed by atoms with E-state index in [4.69, 9.17) is 0 Å². The fourth-order valence-corrected chi connectivity index (χ4v) is 1.70. The van der Waals surface area contributed by atoms with Crippen molar-refractivity contribution < 1.29 is 10.2 Å². The topological polar surface area (TPSA) is 65.4 Å². The Bertz CT molecular complexity index is 488. The van der Waals surface area contributed by atoms with Crippen LogP contribution in [0.15, 0.2) is 48.8 Å². The van der Waals surface area contributed by atoms with E-state index in [2.05, 4.69) is 10.3 Å². The number of aromatic nitrogens is 1. The summed E-state index contributed by atoms with van der Waals surface area (Å²) in [7, 11) is 0. The molecule has 0 saturated heterocycles. The summed E-state index contributed by atoms with van der Waals surface area (Å²) in [5.74, 6) is 0.167. The number of aliphatic hydroxyl groups is 1. The smallest absolute Gasteiger partial charge is 0.115 e. The van der Waals surface area contributed by atoms with Crippen LogP contribution in [0.3, 0.4) is 0 Å². The maximum Gasteiger partial charge on any atom is 0.115 e. The number of phenols is 1. The van der Waals surface area contributed by atoms with Crippen molar-refractivity contribution >= 4 is 0 Å². The van der Waals surface area contributed by atoms with Gasteiger partial charge >= 0.3 is 0 Å². The minimum absolute atomic E-state index is 0.167. The molecule has 0 amide bonds. The fourth-order valence-electron chi connectivity index (χ4n) is 1.70. The highest BCUT2D eigenvalue weighted by molar-refractivity contribution is 5.28. The molecule has 0 spiro atoms. The van der Waals surface area contributed by atoms with Gasteiger partial charge in [0, 0.05) is 25.5 Å². The van der Waals surface area contributed by atoms with Gasteiger partial charge in [0.15, 0.2) is 0 Å². The number of aliphatic hydroxyl groups excluding tert-OH is 1. The SMILES string of the molecule is Oc1cccc([C@H](O)CNCc2ccncc2)c1. The molecule has 1 aromatic heterocycles. The Labute approximate surface area is 106 Å². The van der Waals surface area contributed by atoms with E-state index < -0.39 is 6.10 Å². The second-order valence-electron chi connectivity index (χ2n) is 4.10. The quantitative estimate of drug-likeness (QED) is 0.747. The van der Waals surface area contributed by atoms with Gasteiger partial charge in [-0.3, -0.25) is 4.98 Å². The summed E-state index contributed by atoms with van der Waals surface area (Å²) in [5, 5.41) is 22.4. The molecule has 0 aliphatic rings. The van der Waals surface area contributed by atoms with Gasteiger partial charge in [0.1, 0.15) is 5.75 Å². The Hall–Kier alpha value is -1.91. The van der Waals surface area contributed by atoms with Gasteiger partial charge in [-0.2, -0.15) is 0 Å². The van der Waals surface area contributed by atoms with Crippen molar-refractivity contribution in [2.45, 2.75) is 12.6 Å². The van der Waals surface area contributed by atoms with Crippen LogP contribution in [0.2, 0.25) is 0 Å². The molecule has 0 aliphatic carbocycles. The van der Waals surface area contributed by atoms with Crippen LogP contribution in [0.4, 0.5) is 0 Å². The van der Waals surface area contributed by atoms with Crippen molar-refractivity contribution in [1.82, 2.24) is 10.3 Å². The highest BCUT2D eigenvalue weighted by Crippen LogP contribution is 2.17. The number of rotatable bonds is 5. The zero-order valence-electron chi connectivity index (χ0n) is 9.95. The number of nitrogens with zero attached hydrogens (tertiary/aromatic N) is 1. The fraction of sp³-hybridized carbons (Fsp3) is 0.214. The third-order valence-electron chi connectivity index (χ3n) is 2.67. The first kappa shape index (κ1) is 12.5. The third-order valence-corrected chi connectivity index (χ3v) is 2.67. The average Bonchev–Trinajstić information content (AvgIpc) is 2.40. The summed E-state index contributed by atoms with van der Waals surface area (Å²) >= 11 is 0. The first-order chi connectivity index (χ1) is 8.75. The minimum Gasteiger partial charge on any atom is -0.508 e. The van der Waals surface area contributed by atoms with E-state index in [1.165, 1.54) is 0 Å². The monoisotopic (exact) mass is 244 g/mol. The van der Waals surface area contributed by atoms with Crippen LogP contribution in [0, 0.1) is 0 Å². The van der Waals surface area contributed by atoms with E-state index in [0.717, 1.165) is 5.56 Å². The molecule has 1 heterocycles. The van der Waals surface area contributed by atoms with Crippen LogP contribution < -0.4 is 5.32 Å². The lowest BCUT2D eigenvalue weighted by molar-refractivity contribution is 0.174. The highest BCUT2D eigenvalue weighted by atomic mass is 16.3. The molecule has 94 valence electrons. The van der Waals surface area contributed by atoms with E-state index in [1.807, 2.05) is 12.1 Å². The standard InChI is InChI=1S/C14H16N2O2/c17-13-3-1-2-12(8-13)14(18)10-16-9-11-4-6-15-7-5-11/h1-8,14,16-18H,9-10H2/t14-/m1/s1. The second kappa shape index (κ2) is 6.14. The highest BCUT2D eigenvalue weighted by Gasteiger charge is 2.07. The largest absolute Gasteiger partial charge is 0.508 e. The van der Waals surface area contributed by atoms with Crippen molar-refractivity contribution in [1.29, 1.82) is 0 Å². The van der Waals surface area contributed by atoms with E-state index in [1.54, 1.807) is 36.7 Å². The van der Waals surface area contributed by atoms with Gasteiger partial charge in [-0.15, -0.1) is 0 Å². The van der Waals surface area contributed by atoms with Crippen LogP contribution in [0.1, 0.15) is 17.2 Å². The molecule has 2 aromatic rings. The number of pyridine rings is 1. The van der Waals surface area contributed by atoms with Crippen molar-refractivity contribution in [2.75, 3.05) is 6.54 Å². The number of nitrogens with one attached hydrogen (secondary N) is 1. The molecule has 4 heteroatoms. The molecule has 0 unspecified atom stereocenters. The van der Waals surface area contributed by atoms with Gasteiger partial charge in [-0.05, 0) is 35.4 Å². The lowest BCUT2D eigenvalue weighted by Crippen LogP contribution is -2.21. The Morgan fingerprint density at radius 2 is 1.94 bits per heavy atom. The zero-order valence-corrected chi connectivity index (χ0v) is 9.95. The van der Waals surface area contributed by atoms with Crippen LogP contribution in [-0.2, 0) is 6.54 Å². The van der Waals surface area contributed by atoms with E-state index >= 15 is 0 Å². The second-order valence-corrected chi connectivity index (χ2v) is 4.10. The molecule has 0 saturated carbocycles. The lowest BCUT2D eigenvalue weighted by Gasteiger charge is -2.12. The minimum atomic E-state index is -0.626. The van der Waals surface area contributed by atoms with Gasteiger partial charge in [-0.1, -0.05) is 12.1 Å². The predicted molar refractivity (Wildman–Crippen MR) is 69.0 cm³/mol.